The second-order valence-electron chi connectivity index (χ2n) is 6.62. The summed E-state index contributed by atoms with van der Waals surface area (Å²) in [5.74, 6) is -1.31. The third kappa shape index (κ3) is 4.57. The van der Waals surface area contributed by atoms with E-state index in [1.165, 1.54) is 53.7 Å². The number of nitrogens with zero attached hydrogens (tertiary/aromatic N) is 2. The van der Waals surface area contributed by atoms with Crippen LogP contribution >= 0.6 is 0 Å². The first-order chi connectivity index (χ1) is 14.2. The van der Waals surface area contributed by atoms with Crippen LogP contribution in [0.3, 0.4) is 0 Å². The third-order valence-electron chi connectivity index (χ3n) is 4.60. The molecule has 1 heterocycles. The number of nitro benzene ring substituents is 1. The molecule has 0 atom stereocenters. The lowest BCUT2D eigenvalue weighted by Crippen LogP contribution is -2.25. The van der Waals surface area contributed by atoms with Crippen LogP contribution in [0.2, 0.25) is 0 Å². The average molecular weight is 433 g/mol. The molecule has 1 saturated heterocycles. The minimum Gasteiger partial charge on any atom is -0.452 e. The molecule has 2 aromatic carbocycles. The van der Waals surface area contributed by atoms with Crippen LogP contribution in [-0.2, 0) is 19.6 Å². The predicted octanol–water partition coefficient (Wildman–Crippen LogP) is 2.24. The molecule has 1 N–H and O–H groups in total. The fraction of sp³-hybridized carbons (Fsp3) is 0.263. The highest BCUT2D eigenvalue weighted by atomic mass is 32.2. The van der Waals surface area contributed by atoms with E-state index >= 15 is 0 Å². The van der Waals surface area contributed by atoms with E-state index in [2.05, 4.69) is 5.32 Å². The summed E-state index contributed by atoms with van der Waals surface area (Å²) in [6.45, 7) is 1.31. The number of carbonyl (C=O) groups is 2. The summed E-state index contributed by atoms with van der Waals surface area (Å²) >= 11 is 0. The second kappa shape index (κ2) is 8.49. The lowest BCUT2D eigenvalue weighted by atomic mass is 10.1. The van der Waals surface area contributed by atoms with E-state index in [1.54, 1.807) is 0 Å². The number of nitrogens with one attached hydrogen (secondary N) is 1. The number of amides is 1. The van der Waals surface area contributed by atoms with Crippen molar-refractivity contribution in [3.05, 3.63) is 63.7 Å². The van der Waals surface area contributed by atoms with Gasteiger partial charge in [0.2, 0.25) is 10.0 Å². The summed E-state index contributed by atoms with van der Waals surface area (Å²) in [5.41, 5.74) is 1.03. The quantitative estimate of drug-likeness (QED) is 0.419. The molecular weight excluding hydrogens is 414 g/mol. The van der Waals surface area contributed by atoms with E-state index in [0.29, 0.717) is 18.7 Å². The maximum atomic E-state index is 12.1. The van der Waals surface area contributed by atoms with Gasteiger partial charge in [0.25, 0.3) is 11.6 Å². The molecule has 1 amide bonds. The van der Waals surface area contributed by atoms with Crippen LogP contribution in [0.1, 0.15) is 22.3 Å². The molecule has 0 saturated carbocycles. The van der Waals surface area contributed by atoms with Crippen molar-refractivity contribution in [3.63, 3.8) is 0 Å². The van der Waals surface area contributed by atoms with Gasteiger partial charge < -0.3 is 10.1 Å². The van der Waals surface area contributed by atoms with Crippen LogP contribution in [0.4, 0.5) is 17.1 Å². The van der Waals surface area contributed by atoms with Gasteiger partial charge in [-0.1, -0.05) is 6.07 Å². The minimum atomic E-state index is -3.31. The highest BCUT2D eigenvalue weighted by Gasteiger charge is 2.28. The van der Waals surface area contributed by atoms with Crippen LogP contribution < -0.4 is 9.62 Å². The van der Waals surface area contributed by atoms with E-state index in [-0.39, 0.29) is 28.3 Å². The largest absolute Gasteiger partial charge is 0.452 e. The highest BCUT2D eigenvalue weighted by molar-refractivity contribution is 7.93. The van der Waals surface area contributed by atoms with Gasteiger partial charge in [-0.2, -0.15) is 0 Å². The summed E-state index contributed by atoms with van der Waals surface area (Å²) < 4.78 is 30.1. The van der Waals surface area contributed by atoms with Crippen molar-refractivity contribution >= 4 is 39.0 Å². The van der Waals surface area contributed by atoms with Gasteiger partial charge in [-0.05, 0) is 43.7 Å². The summed E-state index contributed by atoms with van der Waals surface area (Å²) in [7, 11) is -3.31. The summed E-state index contributed by atoms with van der Waals surface area (Å²) in [4.78, 5) is 34.6. The Morgan fingerprint density at radius 3 is 2.50 bits per heavy atom. The molecule has 2 aromatic rings. The zero-order chi connectivity index (χ0) is 21.9. The number of sulfonamides is 1. The van der Waals surface area contributed by atoms with E-state index in [0.717, 1.165) is 0 Å². The number of anilines is 2. The van der Waals surface area contributed by atoms with E-state index in [9.17, 15) is 28.1 Å². The number of nitro groups is 1. The number of hydrogen-bond acceptors (Lipinski definition) is 7. The van der Waals surface area contributed by atoms with E-state index in [4.69, 9.17) is 4.74 Å². The normalized spacial score (nSPS) is 14.9. The Balaban J connectivity index is 1.59. The Morgan fingerprint density at radius 2 is 1.90 bits per heavy atom. The SMILES string of the molecule is Cc1c(NC(=O)COC(=O)c2ccc(N3CCCS3(=O)=O)cc2)cccc1[N+](=O)[O-]. The smallest absolute Gasteiger partial charge is 0.338 e. The standard InChI is InChI=1S/C19H19N3O7S/c1-13-16(4-2-5-17(13)22(25)26)20-18(23)12-29-19(24)14-6-8-15(9-7-14)21-10-3-11-30(21,27)28/h2,4-9H,3,10-12H2,1H3,(H,20,23). The lowest BCUT2D eigenvalue weighted by Gasteiger charge is -2.16. The molecule has 1 aliphatic rings. The predicted molar refractivity (Wildman–Crippen MR) is 109 cm³/mol. The van der Waals surface area contributed by atoms with Crippen molar-refractivity contribution in [1.82, 2.24) is 0 Å². The molecule has 10 nitrogen and oxygen atoms in total. The molecule has 0 spiro atoms. The summed E-state index contributed by atoms with van der Waals surface area (Å²) in [5, 5.41) is 13.4. The fourth-order valence-corrected chi connectivity index (χ4v) is 4.62. The number of ether oxygens (including phenoxy) is 1. The van der Waals surface area contributed by atoms with Gasteiger partial charge in [-0.3, -0.25) is 19.2 Å². The summed E-state index contributed by atoms with van der Waals surface area (Å²) in [6.07, 6.45) is 0.547. The lowest BCUT2D eigenvalue weighted by molar-refractivity contribution is -0.385. The van der Waals surface area contributed by atoms with Gasteiger partial charge in [0, 0.05) is 12.6 Å². The van der Waals surface area contributed by atoms with Gasteiger partial charge in [0.1, 0.15) is 0 Å². The van der Waals surface area contributed by atoms with Crippen molar-refractivity contribution in [2.24, 2.45) is 0 Å². The Bertz CT molecular complexity index is 1100. The monoisotopic (exact) mass is 433 g/mol. The number of hydrogen-bond donors (Lipinski definition) is 1. The molecule has 0 unspecified atom stereocenters. The van der Waals surface area contributed by atoms with Crippen molar-refractivity contribution in [2.45, 2.75) is 13.3 Å². The number of esters is 1. The van der Waals surface area contributed by atoms with Crippen LogP contribution in [0.5, 0.6) is 0 Å². The van der Waals surface area contributed by atoms with Gasteiger partial charge in [0.15, 0.2) is 6.61 Å². The van der Waals surface area contributed by atoms with Crippen LogP contribution in [0, 0.1) is 17.0 Å². The first kappa shape index (κ1) is 21.2. The van der Waals surface area contributed by atoms with Gasteiger partial charge in [0.05, 0.1) is 33.2 Å². The minimum absolute atomic E-state index is 0.0932. The van der Waals surface area contributed by atoms with E-state index in [1.807, 2.05) is 0 Å². The molecular formula is C19H19N3O7S. The first-order valence-electron chi connectivity index (χ1n) is 9.00. The second-order valence-corrected chi connectivity index (χ2v) is 8.63. The molecule has 158 valence electrons. The zero-order valence-electron chi connectivity index (χ0n) is 16.0. The van der Waals surface area contributed by atoms with Crippen molar-refractivity contribution < 1.29 is 27.7 Å². The number of rotatable bonds is 6. The van der Waals surface area contributed by atoms with Crippen molar-refractivity contribution in [3.8, 4) is 0 Å². The average Bonchev–Trinajstić information content (AvgIpc) is 3.06. The Kier molecular flexibility index (Phi) is 6.01. The number of benzene rings is 2. The fourth-order valence-electron chi connectivity index (χ4n) is 3.05. The number of carbonyl (C=O) groups excluding carboxylic acids is 2. The van der Waals surface area contributed by atoms with Crippen molar-refractivity contribution in [1.29, 1.82) is 0 Å². The molecule has 11 heteroatoms. The molecule has 1 fully saturated rings. The van der Waals surface area contributed by atoms with Crippen LogP contribution in [-0.4, -0.2) is 44.1 Å². The van der Waals surface area contributed by atoms with E-state index < -0.39 is 33.4 Å². The molecule has 1 aliphatic heterocycles. The Hall–Kier alpha value is -3.47. The van der Waals surface area contributed by atoms with Crippen LogP contribution in [0.25, 0.3) is 0 Å². The molecule has 0 radical (unpaired) electrons. The topological polar surface area (TPSA) is 136 Å². The molecule has 30 heavy (non-hydrogen) atoms. The Morgan fingerprint density at radius 1 is 1.20 bits per heavy atom. The maximum absolute atomic E-state index is 12.1. The molecule has 0 aliphatic carbocycles. The maximum Gasteiger partial charge on any atom is 0.338 e. The summed E-state index contributed by atoms with van der Waals surface area (Å²) in [6, 6.07) is 10.1. The van der Waals surface area contributed by atoms with Gasteiger partial charge >= 0.3 is 5.97 Å². The van der Waals surface area contributed by atoms with Gasteiger partial charge in [-0.15, -0.1) is 0 Å². The highest BCUT2D eigenvalue weighted by Crippen LogP contribution is 2.25. The Labute approximate surface area is 172 Å². The van der Waals surface area contributed by atoms with Gasteiger partial charge in [-0.25, -0.2) is 13.2 Å². The third-order valence-corrected chi connectivity index (χ3v) is 6.47. The van der Waals surface area contributed by atoms with Crippen LogP contribution in [0.15, 0.2) is 42.5 Å². The zero-order valence-corrected chi connectivity index (χ0v) is 16.8. The molecule has 0 aromatic heterocycles. The first-order valence-corrected chi connectivity index (χ1v) is 10.6. The molecule has 0 bridgehead atoms. The van der Waals surface area contributed by atoms with Crippen molar-refractivity contribution in [2.75, 3.05) is 28.5 Å². The molecule has 3 rings (SSSR count).